The molecule has 80 valence electrons. The first-order valence-electron chi connectivity index (χ1n) is 5.53. The van der Waals surface area contributed by atoms with Gasteiger partial charge in [-0.2, -0.15) is 0 Å². The summed E-state index contributed by atoms with van der Waals surface area (Å²) < 4.78 is 0. The minimum atomic E-state index is -0.781. The Bertz CT molecular complexity index is 228. The first-order valence-corrected chi connectivity index (χ1v) is 5.53. The lowest BCUT2D eigenvalue weighted by Gasteiger charge is -2.12. The Kier molecular flexibility index (Phi) is 4.18. The van der Waals surface area contributed by atoms with E-state index in [1.165, 1.54) is 25.3 Å². The number of hydrogen-bond donors (Lipinski definition) is 1. The molecule has 0 aliphatic heterocycles. The van der Waals surface area contributed by atoms with Gasteiger partial charge in [-0.05, 0) is 37.5 Å². The largest absolute Gasteiger partial charge is 0.478 e. The van der Waals surface area contributed by atoms with Crippen molar-refractivity contribution in [1.82, 2.24) is 0 Å². The standard InChI is InChI=1S/C12H20O2/c1-9(2)6-7-10-4-3-5-11(10)8-12(13)14/h8-10H,3-7H2,1-2H3,(H,13,14)/b11-8+. The van der Waals surface area contributed by atoms with Crippen LogP contribution in [0.25, 0.3) is 0 Å². The number of hydrogen-bond acceptors (Lipinski definition) is 1. The van der Waals surface area contributed by atoms with E-state index in [1.807, 2.05) is 0 Å². The SMILES string of the molecule is CC(C)CCC1CCC/C1=C\C(=O)O. The van der Waals surface area contributed by atoms with E-state index < -0.39 is 5.97 Å². The minimum Gasteiger partial charge on any atom is -0.478 e. The van der Waals surface area contributed by atoms with Crippen molar-refractivity contribution in [2.24, 2.45) is 11.8 Å². The first-order chi connectivity index (χ1) is 6.59. The zero-order chi connectivity index (χ0) is 10.6. The quantitative estimate of drug-likeness (QED) is 0.701. The second kappa shape index (κ2) is 5.18. The van der Waals surface area contributed by atoms with Gasteiger partial charge in [0.05, 0.1) is 0 Å². The number of aliphatic carboxylic acids is 1. The predicted molar refractivity (Wildman–Crippen MR) is 57.1 cm³/mol. The average Bonchev–Trinajstić information content (AvgIpc) is 2.47. The third-order valence-electron chi connectivity index (χ3n) is 2.94. The summed E-state index contributed by atoms with van der Waals surface area (Å²) in [5, 5.41) is 8.69. The summed E-state index contributed by atoms with van der Waals surface area (Å²) in [6.45, 7) is 4.44. The van der Waals surface area contributed by atoms with Gasteiger partial charge in [0.25, 0.3) is 0 Å². The highest BCUT2D eigenvalue weighted by atomic mass is 16.4. The zero-order valence-corrected chi connectivity index (χ0v) is 9.12. The highest BCUT2D eigenvalue weighted by molar-refractivity contribution is 5.80. The van der Waals surface area contributed by atoms with Crippen LogP contribution in [0.5, 0.6) is 0 Å². The Morgan fingerprint density at radius 1 is 1.64 bits per heavy atom. The number of allylic oxidation sites excluding steroid dienone is 1. The Balaban J connectivity index is 2.47. The highest BCUT2D eigenvalue weighted by Gasteiger charge is 2.21. The second-order valence-corrected chi connectivity index (χ2v) is 4.62. The monoisotopic (exact) mass is 196 g/mol. The van der Waals surface area contributed by atoms with Gasteiger partial charge in [-0.1, -0.05) is 25.8 Å². The molecular weight excluding hydrogens is 176 g/mol. The van der Waals surface area contributed by atoms with Crippen molar-refractivity contribution in [2.75, 3.05) is 0 Å². The molecule has 0 bridgehead atoms. The maximum absolute atomic E-state index is 10.6. The molecule has 0 amide bonds. The summed E-state index contributed by atoms with van der Waals surface area (Å²) in [7, 11) is 0. The molecular formula is C12H20O2. The van der Waals surface area contributed by atoms with Crippen molar-refractivity contribution in [3.8, 4) is 0 Å². The summed E-state index contributed by atoms with van der Waals surface area (Å²) in [6.07, 6.45) is 7.15. The molecule has 1 fully saturated rings. The van der Waals surface area contributed by atoms with Crippen molar-refractivity contribution in [2.45, 2.75) is 46.0 Å². The van der Waals surface area contributed by atoms with Gasteiger partial charge >= 0.3 is 5.97 Å². The fraction of sp³-hybridized carbons (Fsp3) is 0.750. The van der Waals surface area contributed by atoms with E-state index in [4.69, 9.17) is 5.11 Å². The molecule has 0 aromatic rings. The number of carbonyl (C=O) groups is 1. The molecule has 2 nitrogen and oxygen atoms in total. The molecule has 1 atom stereocenters. The van der Waals surface area contributed by atoms with Gasteiger partial charge in [-0.3, -0.25) is 0 Å². The normalized spacial score (nSPS) is 24.8. The molecule has 0 spiro atoms. The summed E-state index contributed by atoms with van der Waals surface area (Å²) in [6, 6.07) is 0. The smallest absolute Gasteiger partial charge is 0.328 e. The van der Waals surface area contributed by atoms with Crippen molar-refractivity contribution in [3.05, 3.63) is 11.6 Å². The Labute approximate surface area is 86.0 Å². The maximum atomic E-state index is 10.6. The summed E-state index contributed by atoms with van der Waals surface area (Å²) in [4.78, 5) is 10.6. The van der Waals surface area contributed by atoms with Gasteiger partial charge in [0.2, 0.25) is 0 Å². The zero-order valence-electron chi connectivity index (χ0n) is 9.12. The molecule has 1 aliphatic carbocycles. The molecule has 0 heterocycles. The lowest BCUT2D eigenvalue weighted by molar-refractivity contribution is -0.131. The van der Waals surface area contributed by atoms with E-state index in [9.17, 15) is 4.79 Å². The molecule has 0 aromatic heterocycles. The van der Waals surface area contributed by atoms with Crippen LogP contribution in [0.2, 0.25) is 0 Å². The molecule has 1 N–H and O–H groups in total. The van der Waals surface area contributed by atoms with E-state index in [-0.39, 0.29) is 0 Å². The molecule has 1 rings (SSSR count). The van der Waals surface area contributed by atoms with E-state index in [0.29, 0.717) is 5.92 Å². The van der Waals surface area contributed by atoms with Crippen LogP contribution in [0.4, 0.5) is 0 Å². The molecule has 1 aliphatic rings. The fourth-order valence-electron chi connectivity index (χ4n) is 2.15. The van der Waals surface area contributed by atoms with E-state index >= 15 is 0 Å². The van der Waals surface area contributed by atoms with Crippen molar-refractivity contribution >= 4 is 5.97 Å². The van der Waals surface area contributed by atoms with Gasteiger partial charge in [-0.25, -0.2) is 4.79 Å². The summed E-state index contributed by atoms with van der Waals surface area (Å²) in [5.74, 6) is 0.492. The first kappa shape index (κ1) is 11.3. The lowest BCUT2D eigenvalue weighted by Crippen LogP contribution is -2.02. The Hall–Kier alpha value is -0.790. The van der Waals surface area contributed by atoms with Crippen LogP contribution in [0.1, 0.15) is 46.0 Å². The van der Waals surface area contributed by atoms with Crippen LogP contribution in [0, 0.1) is 11.8 Å². The molecule has 1 unspecified atom stereocenters. The van der Waals surface area contributed by atoms with E-state index in [0.717, 1.165) is 24.3 Å². The van der Waals surface area contributed by atoms with Crippen LogP contribution in [0.15, 0.2) is 11.6 Å². The third-order valence-corrected chi connectivity index (χ3v) is 2.94. The second-order valence-electron chi connectivity index (χ2n) is 4.62. The van der Waals surface area contributed by atoms with Crippen molar-refractivity contribution in [1.29, 1.82) is 0 Å². The lowest BCUT2D eigenvalue weighted by atomic mass is 9.93. The van der Waals surface area contributed by atoms with Gasteiger partial charge in [0.15, 0.2) is 0 Å². The van der Waals surface area contributed by atoms with Crippen LogP contribution in [0.3, 0.4) is 0 Å². The van der Waals surface area contributed by atoms with Crippen molar-refractivity contribution < 1.29 is 9.90 Å². The van der Waals surface area contributed by atoms with Gasteiger partial charge in [0, 0.05) is 6.08 Å². The molecule has 2 heteroatoms. The fourth-order valence-corrected chi connectivity index (χ4v) is 2.15. The van der Waals surface area contributed by atoms with Crippen LogP contribution < -0.4 is 0 Å². The molecule has 0 radical (unpaired) electrons. The van der Waals surface area contributed by atoms with E-state index in [2.05, 4.69) is 13.8 Å². The van der Waals surface area contributed by atoms with Crippen molar-refractivity contribution in [3.63, 3.8) is 0 Å². The third kappa shape index (κ3) is 3.52. The summed E-state index contributed by atoms with van der Waals surface area (Å²) in [5.41, 5.74) is 1.16. The predicted octanol–water partition coefficient (Wildman–Crippen LogP) is 3.23. The number of rotatable bonds is 4. The van der Waals surface area contributed by atoms with E-state index in [1.54, 1.807) is 0 Å². The average molecular weight is 196 g/mol. The van der Waals surface area contributed by atoms with Gasteiger partial charge in [-0.15, -0.1) is 0 Å². The van der Waals surface area contributed by atoms with Crippen LogP contribution in [-0.4, -0.2) is 11.1 Å². The molecule has 14 heavy (non-hydrogen) atoms. The number of carboxylic acids is 1. The summed E-state index contributed by atoms with van der Waals surface area (Å²) >= 11 is 0. The maximum Gasteiger partial charge on any atom is 0.328 e. The molecule has 1 saturated carbocycles. The van der Waals surface area contributed by atoms with Gasteiger partial charge in [0.1, 0.15) is 0 Å². The molecule has 0 saturated heterocycles. The topological polar surface area (TPSA) is 37.3 Å². The molecule has 0 aromatic carbocycles. The Morgan fingerprint density at radius 2 is 2.36 bits per heavy atom. The number of carboxylic acid groups (broad SMARTS) is 1. The highest BCUT2D eigenvalue weighted by Crippen LogP contribution is 2.34. The van der Waals surface area contributed by atoms with Crippen LogP contribution in [-0.2, 0) is 4.79 Å². The van der Waals surface area contributed by atoms with Gasteiger partial charge < -0.3 is 5.11 Å². The minimum absolute atomic E-state index is 0.550. The Morgan fingerprint density at radius 3 is 2.93 bits per heavy atom. The van der Waals surface area contributed by atoms with Crippen LogP contribution >= 0.6 is 0 Å².